The Bertz CT molecular complexity index is 898. The number of carbonyl (C=O) groups is 1. The molecular weight excluding hydrogens is 352 g/mol. The first-order chi connectivity index (χ1) is 13.8. The number of piperidine rings is 1. The van der Waals surface area contributed by atoms with Crippen molar-refractivity contribution in [3.05, 3.63) is 71.9 Å². The van der Waals surface area contributed by atoms with Crippen molar-refractivity contribution in [1.29, 1.82) is 0 Å². The third-order valence-electron chi connectivity index (χ3n) is 5.25. The average molecular weight is 378 g/mol. The summed E-state index contributed by atoms with van der Waals surface area (Å²) in [5, 5.41) is 0.987. The van der Waals surface area contributed by atoms with E-state index in [1.807, 2.05) is 53.6 Å². The van der Waals surface area contributed by atoms with Crippen molar-refractivity contribution in [2.45, 2.75) is 25.6 Å². The highest BCUT2D eigenvalue weighted by Crippen LogP contribution is 2.22. The number of aromatic nitrogens is 1. The standard InChI is InChI=1S/C23H26N2O3/c26-23(21-7-4-8-22-20(21)9-12-24-22)25-13-10-19(11-14-25)28-16-15-27-17-18-5-2-1-3-6-18/h1-9,12,19,24H,10-11,13-17H2. The van der Waals surface area contributed by atoms with Crippen LogP contribution in [0.4, 0.5) is 0 Å². The highest BCUT2D eigenvalue weighted by Gasteiger charge is 2.25. The van der Waals surface area contributed by atoms with Crippen LogP contribution >= 0.6 is 0 Å². The molecule has 5 nitrogen and oxygen atoms in total. The highest BCUT2D eigenvalue weighted by atomic mass is 16.5. The van der Waals surface area contributed by atoms with Gasteiger partial charge in [-0.15, -0.1) is 0 Å². The van der Waals surface area contributed by atoms with Crippen molar-refractivity contribution >= 4 is 16.8 Å². The fourth-order valence-corrected chi connectivity index (χ4v) is 3.71. The van der Waals surface area contributed by atoms with Crippen molar-refractivity contribution in [1.82, 2.24) is 9.88 Å². The first-order valence-electron chi connectivity index (χ1n) is 9.90. The lowest BCUT2D eigenvalue weighted by Gasteiger charge is -2.32. The molecule has 5 heteroatoms. The van der Waals surface area contributed by atoms with Gasteiger partial charge in [0, 0.05) is 35.8 Å². The van der Waals surface area contributed by atoms with E-state index in [0.717, 1.165) is 42.4 Å². The van der Waals surface area contributed by atoms with Crippen LogP contribution in [0, 0.1) is 0 Å². The second kappa shape index (κ2) is 9.04. The Morgan fingerprint density at radius 2 is 1.82 bits per heavy atom. The average Bonchev–Trinajstić information content (AvgIpc) is 3.23. The van der Waals surface area contributed by atoms with E-state index in [9.17, 15) is 4.79 Å². The van der Waals surface area contributed by atoms with E-state index >= 15 is 0 Å². The summed E-state index contributed by atoms with van der Waals surface area (Å²) in [6.45, 7) is 3.25. The van der Waals surface area contributed by atoms with Crippen LogP contribution in [0.15, 0.2) is 60.8 Å². The third-order valence-corrected chi connectivity index (χ3v) is 5.25. The molecule has 1 amide bonds. The molecule has 0 unspecified atom stereocenters. The number of likely N-dealkylation sites (tertiary alicyclic amines) is 1. The first kappa shape index (κ1) is 18.7. The van der Waals surface area contributed by atoms with Gasteiger partial charge >= 0.3 is 0 Å². The Morgan fingerprint density at radius 3 is 2.64 bits per heavy atom. The first-order valence-corrected chi connectivity index (χ1v) is 9.90. The molecule has 0 spiro atoms. The molecular formula is C23H26N2O3. The van der Waals surface area contributed by atoms with Crippen LogP contribution in [0.25, 0.3) is 10.9 Å². The summed E-state index contributed by atoms with van der Waals surface area (Å²) in [5.74, 6) is 0.106. The van der Waals surface area contributed by atoms with Gasteiger partial charge in [0.2, 0.25) is 0 Å². The Labute approximate surface area is 165 Å². The maximum absolute atomic E-state index is 12.9. The number of carbonyl (C=O) groups excluding carboxylic acids is 1. The molecule has 146 valence electrons. The molecule has 3 aromatic rings. The van der Waals surface area contributed by atoms with Gasteiger partial charge in [0.1, 0.15) is 0 Å². The van der Waals surface area contributed by atoms with E-state index in [2.05, 4.69) is 17.1 Å². The van der Waals surface area contributed by atoms with E-state index in [0.29, 0.717) is 19.8 Å². The van der Waals surface area contributed by atoms with Crippen molar-refractivity contribution in [2.24, 2.45) is 0 Å². The molecule has 1 aromatic heterocycles. The van der Waals surface area contributed by atoms with Gasteiger partial charge < -0.3 is 19.4 Å². The van der Waals surface area contributed by atoms with Crippen LogP contribution in [-0.4, -0.2) is 48.2 Å². The second-order valence-electron chi connectivity index (χ2n) is 7.15. The van der Waals surface area contributed by atoms with Gasteiger partial charge in [-0.2, -0.15) is 0 Å². The summed E-state index contributed by atoms with van der Waals surface area (Å²) in [6.07, 6.45) is 3.81. The molecule has 28 heavy (non-hydrogen) atoms. The fourth-order valence-electron chi connectivity index (χ4n) is 3.71. The minimum absolute atomic E-state index is 0.106. The minimum Gasteiger partial charge on any atom is -0.376 e. The number of hydrogen-bond donors (Lipinski definition) is 1. The van der Waals surface area contributed by atoms with Crippen molar-refractivity contribution in [3.8, 4) is 0 Å². The quantitative estimate of drug-likeness (QED) is 0.632. The molecule has 4 rings (SSSR count). The number of nitrogens with one attached hydrogen (secondary N) is 1. The normalized spacial score (nSPS) is 15.2. The number of H-pyrrole nitrogens is 1. The zero-order valence-corrected chi connectivity index (χ0v) is 16.0. The van der Waals surface area contributed by atoms with E-state index in [1.54, 1.807) is 0 Å². The van der Waals surface area contributed by atoms with Crippen molar-refractivity contribution in [3.63, 3.8) is 0 Å². The Balaban J connectivity index is 1.19. The van der Waals surface area contributed by atoms with Gasteiger partial charge in [0.25, 0.3) is 5.91 Å². The molecule has 0 aliphatic carbocycles. The van der Waals surface area contributed by atoms with E-state index in [-0.39, 0.29) is 12.0 Å². The third kappa shape index (κ3) is 4.43. The van der Waals surface area contributed by atoms with E-state index < -0.39 is 0 Å². The summed E-state index contributed by atoms with van der Waals surface area (Å²) in [4.78, 5) is 18.0. The molecule has 0 bridgehead atoms. The summed E-state index contributed by atoms with van der Waals surface area (Å²) < 4.78 is 11.6. The summed E-state index contributed by atoms with van der Waals surface area (Å²) in [6, 6.07) is 17.9. The van der Waals surface area contributed by atoms with Crippen LogP contribution in [0.3, 0.4) is 0 Å². The Morgan fingerprint density at radius 1 is 1.00 bits per heavy atom. The highest BCUT2D eigenvalue weighted by molar-refractivity contribution is 6.06. The largest absolute Gasteiger partial charge is 0.376 e. The van der Waals surface area contributed by atoms with Crippen molar-refractivity contribution in [2.75, 3.05) is 26.3 Å². The lowest BCUT2D eigenvalue weighted by Crippen LogP contribution is -2.41. The molecule has 0 saturated carbocycles. The van der Waals surface area contributed by atoms with E-state index in [1.165, 1.54) is 5.56 Å². The molecule has 1 N–H and O–H groups in total. The molecule has 1 fully saturated rings. The van der Waals surface area contributed by atoms with E-state index in [4.69, 9.17) is 9.47 Å². The topological polar surface area (TPSA) is 54.6 Å². The molecule has 2 aromatic carbocycles. The van der Waals surface area contributed by atoms with Gasteiger partial charge in [-0.1, -0.05) is 36.4 Å². The number of rotatable bonds is 7. The van der Waals surface area contributed by atoms with Crippen LogP contribution < -0.4 is 0 Å². The van der Waals surface area contributed by atoms with Crippen LogP contribution in [0.5, 0.6) is 0 Å². The van der Waals surface area contributed by atoms with Gasteiger partial charge in [0.15, 0.2) is 0 Å². The van der Waals surface area contributed by atoms with Gasteiger partial charge in [-0.25, -0.2) is 0 Å². The molecule has 1 aliphatic heterocycles. The number of nitrogens with zero attached hydrogens (tertiary/aromatic N) is 1. The summed E-state index contributed by atoms with van der Waals surface area (Å²) >= 11 is 0. The molecule has 2 heterocycles. The van der Waals surface area contributed by atoms with Gasteiger partial charge in [0.05, 0.1) is 25.9 Å². The predicted molar refractivity (Wildman–Crippen MR) is 109 cm³/mol. The number of aromatic amines is 1. The maximum Gasteiger partial charge on any atom is 0.254 e. The SMILES string of the molecule is O=C(c1cccc2[nH]ccc12)N1CCC(OCCOCc2ccccc2)CC1. The molecule has 1 saturated heterocycles. The van der Waals surface area contributed by atoms with Crippen LogP contribution in [0.1, 0.15) is 28.8 Å². The number of benzene rings is 2. The van der Waals surface area contributed by atoms with Crippen LogP contribution in [0.2, 0.25) is 0 Å². The number of amides is 1. The Kier molecular flexibility index (Phi) is 6.04. The lowest BCUT2D eigenvalue weighted by atomic mass is 10.0. The zero-order chi connectivity index (χ0) is 19.2. The summed E-state index contributed by atoms with van der Waals surface area (Å²) in [5.41, 5.74) is 2.94. The smallest absolute Gasteiger partial charge is 0.254 e. The monoisotopic (exact) mass is 378 g/mol. The lowest BCUT2D eigenvalue weighted by molar-refractivity contribution is -0.0228. The summed E-state index contributed by atoms with van der Waals surface area (Å²) in [7, 11) is 0. The van der Waals surface area contributed by atoms with Gasteiger partial charge in [-0.3, -0.25) is 4.79 Å². The van der Waals surface area contributed by atoms with Gasteiger partial charge in [-0.05, 0) is 36.6 Å². The van der Waals surface area contributed by atoms with Crippen molar-refractivity contribution < 1.29 is 14.3 Å². The van der Waals surface area contributed by atoms with Crippen LogP contribution in [-0.2, 0) is 16.1 Å². The Hall–Kier alpha value is -2.63. The number of fused-ring (bicyclic) bond motifs is 1. The fraction of sp³-hybridized carbons (Fsp3) is 0.348. The maximum atomic E-state index is 12.9. The molecule has 0 radical (unpaired) electrons. The number of ether oxygens (including phenoxy) is 2. The number of hydrogen-bond acceptors (Lipinski definition) is 3. The zero-order valence-electron chi connectivity index (χ0n) is 16.0. The second-order valence-corrected chi connectivity index (χ2v) is 7.15. The molecule has 0 atom stereocenters. The molecule has 1 aliphatic rings. The predicted octanol–water partition coefficient (Wildman–Crippen LogP) is 4.01. The minimum atomic E-state index is 0.106.